The van der Waals surface area contributed by atoms with Crippen LogP contribution in [0.2, 0.25) is 0 Å². The molecule has 1 N–H and O–H groups in total. The van der Waals surface area contributed by atoms with Crippen molar-refractivity contribution in [2.24, 2.45) is 5.16 Å². The van der Waals surface area contributed by atoms with Gasteiger partial charge in [0.25, 0.3) is 0 Å². The van der Waals surface area contributed by atoms with Crippen molar-refractivity contribution in [2.45, 2.75) is 52.2 Å². The molecule has 0 atom stereocenters. The third-order valence-electron chi connectivity index (χ3n) is 1.89. The number of nitrogens with one attached hydrogen (secondary N) is 1. The van der Waals surface area contributed by atoms with Gasteiger partial charge in [-0.05, 0) is 34.6 Å². The minimum absolute atomic E-state index is 0.259. The molecule has 0 aromatic rings. The van der Waals surface area contributed by atoms with Crippen LogP contribution < -0.4 is 5.32 Å². The molecule has 1 aliphatic rings. The van der Waals surface area contributed by atoms with E-state index in [-0.39, 0.29) is 5.60 Å². The van der Waals surface area contributed by atoms with E-state index in [0.29, 0.717) is 6.54 Å². The van der Waals surface area contributed by atoms with Gasteiger partial charge in [-0.2, -0.15) is 0 Å². The third-order valence-corrected chi connectivity index (χ3v) is 1.89. The van der Waals surface area contributed by atoms with E-state index in [4.69, 9.17) is 9.57 Å². The van der Waals surface area contributed by atoms with Gasteiger partial charge in [0.2, 0.25) is 0 Å². The number of ether oxygens (including phenoxy) is 1. The van der Waals surface area contributed by atoms with Gasteiger partial charge in [0.15, 0.2) is 0 Å². The predicted molar refractivity (Wildman–Crippen MR) is 61.5 cm³/mol. The van der Waals surface area contributed by atoms with Crippen molar-refractivity contribution >= 4 is 11.8 Å². The lowest BCUT2D eigenvalue weighted by Gasteiger charge is -2.19. The molecule has 0 saturated heterocycles. The Morgan fingerprint density at radius 3 is 2.62 bits per heavy atom. The summed E-state index contributed by atoms with van der Waals surface area (Å²) in [6, 6.07) is 0. The molecule has 0 aromatic carbocycles. The second kappa shape index (κ2) is 4.31. The van der Waals surface area contributed by atoms with E-state index in [1.807, 2.05) is 34.6 Å². The monoisotopic (exact) mass is 228 g/mol. The quantitative estimate of drug-likeness (QED) is 0.787. The van der Waals surface area contributed by atoms with Gasteiger partial charge in [-0.3, -0.25) is 0 Å². The van der Waals surface area contributed by atoms with Gasteiger partial charge in [0.1, 0.15) is 11.2 Å². The minimum atomic E-state index is -0.475. The van der Waals surface area contributed by atoms with Crippen molar-refractivity contribution in [3.8, 4) is 0 Å². The lowest BCUT2D eigenvalue weighted by atomic mass is 10.0. The van der Waals surface area contributed by atoms with Crippen molar-refractivity contribution in [1.82, 2.24) is 5.32 Å². The largest absolute Gasteiger partial charge is 0.444 e. The first kappa shape index (κ1) is 12.8. The summed E-state index contributed by atoms with van der Waals surface area (Å²) >= 11 is 0. The fourth-order valence-corrected chi connectivity index (χ4v) is 1.33. The molecule has 0 aliphatic carbocycles. The Balaban J connectivity index is 2.29. The maximum atomic E-state index is 11.3. The van der Waals surface area contributed by atoms with Gasteiger partial charge in [0.05, 0.1) is 12.3 Å². The summed E-state index contributed by atoms with van der Waals surface area (Å²) in [5.41, 5.74) is 0.0957. The molecular formula is C11H20N2O3. The van der Waals surface area contributed by atoms with E-state index in [1.165, 1.54) is 0 Å². The summed E-state index contributed by atoms with van der Waals surface area (Å²) in [7, 11) is 0. The number of amides is 1. The average Bonchev–Trinajstić information content (AvgIpc) is 2.39. The van der Waals surface area contributed by atoms with Crippen LogP contribution in [0.4, 0.5) is 4.79 Å². The van der Waals surface area contributed by atoms with Crippen LogP contribution in [0.1, 0.15) is 41.0 Å². The van der Waals surface area contributed by atoms with Crippen LogP contribution >= 0.6 is 0 Å². The summed E-state index contributed by atoms with van der Waals surface area (Å²) in [4.78, 5) is 16.5. The second-order valence-electron chi connectivity index (χ2n) is 5.54. The smallest absolute Gasteiger partial charge is 0.407 e. The number of carbonyl (C=O) groups is 1. The fourth-order valence-electron chi connectivity index (χ4n) is 1.33. The maximum absolute atomic E-state index is 11.3. The van der Waals surface area contributed by atoms with Crippen molar-refractivity contribution in [3.63, 3.8) is 0 Å². The van der Waals surface area contributed by atoms with E-state index in [1.54, 1.807) is 0 Å². The highest BCUT2D eigenvalue weighted by Crippen LogP contribution is 2.21. The second-order valence-corrected chi connectivity index (χ2v) is 5.54. The summed E-state index contributed by atoms with van der Waals surface area (Å²) in [5, 5.41) is 6.55. The summed E-state index contributed by atoms with van der Waals surface area (Å²) in [5.74, 6) is 0. The van der Waals surface area contributed by atoms with Gasteiger partial charge >= 0.3 is 6.09 Å². The topological polar surface area (TPSA) is 59.9 Å². The lowest BCUT2D eigenvalue weighted by molar-refractivity contribution is 0.0123. The number of nitrogens with zero attached hydrogens (tertiary/aromatic N) is 1. The van der Waals surface area contributed by atoms with Gasteiger partial charge in [-0.25, -0.2) is 4.79 Å². The standard InChI is InChI=1S/C11H20N2O3/c1-10(2,3)15-9(14)12-7-8-6-11(4,5)16-13-8/h6-7H2,1-5H3,(H,12,14). The maximum Gasteiger partial charge on any atom is 0.407 e. The molecule has 0 fully saturated rings. The highest BCUT2D eigenvalue weighted by molar-refractivity contribution is 5.90. The van der Waals surface area contributed by atoms with Gasteiger partial charge in [-0.15, -0.1) is 0 Å². The van der Waals surface area contributed by atoms with Crippen LogP contribution in [-0.4, -0.2) is 29.6 Å². The molecule has 0 saturated carbocycles. The SMILES string of the molecule is CC(C)(C)OC(=O)NCC1=NOC(C)(C)C1. The summed E-state index contributed by atoms with van der Waals surface area (Å²) < 4.78 is 5.10. The van der Waals surface area contributed by atoms with Crippen LogP contribution in [-0.2, 0) is 9.57 Å². The molecule has 1 amide bonds. The summed E-state index contributed by atoms with van der Waals surface area (Å²) in [6.45, 7) is 9.76. The van der Waals surface area contributed by atoms with Gasteiger partial charge < -0.3 is 14.9 Å². The molecule has 0 aromatic heterocycles. The number of oxime groups is 1. The lowest BCUT2D eigenvalue weighted by Crippen LogP contribution is -2.35. The molecule has 1 heterocycles. The number of rotatable bonds is 2. The molecule has 16 heavy (non-hydrogen) atoms. The van der Waals surface area contributed by atoms with Crippen molar-refractivity contribution < 1.29 is 14.4 Å². The van der Waals surface area contributed by atoms with E-state index in [2.05, 4.69) is 10.5 Å². The van der Waals surface area contributed by atoms with Crippen molar-refractivity contribution in [2.75, 3.05) is 6.54 Å². The number of hydrogen-bond donors (Lipinski definition) is 1. The molecule has 0 bridgehead atoms. The third kappa shape index (κ3) is 4.51. The molecule has 5 nitrogen and oxygen atoms in total. The first-order valence-corrected chi connectivity index (χ1v) is 5.39. The van der Waals surface area contributed by atoms with Crippen LogP contribution in [0, 0.1) is 0 Å². The zero-order chi connectivity index (χ0) is 12.4. The van der Waals surface area contributed by atoms with Crippen molar-refractivity contribution in [3.05, 3.63) is 0 Å². The molecule has 1 rings (SSSR count). The Bertz CT molecular complexity index is 303. The number of alkyl carbamates (subject to hydrolysis) is 1. The molecule has 0 unspecified atom stereocenters. The number of hydrogen-bond acceptors (Lipinski definition) is 4. The normalized spacial score (nSPS) is 18.7. The zero-order valence-electron chi connectivity index (χ0n) is 10.6. The van der Waals surface area contributed by atoms with Crippen LogP contribution in [0.3, 0.4) is 0 Å². The van der Waals surface area contributed by atoms with E-state index in [0.717, 1.165) is 12.1 Å². The predicted octanol–water partition coefficient (Wildman–Crippen LogP) is 2.07. The molecular weight excluding hydrogens is 208 g/mol. The molecule has 1 aliphatic heterocycles. The highest BCUT2D eigenvalue weighted by atomic mass is 16.7. The minimum Gasteiger partial charge on any atom is -0.444 e. The van der Waals surface area contributed by atoms with E-state index < -0.39 is 11.7 Å². The molecule has 92 valence electrons. The number of carbonyl (C=O) groups excluding carboxylic acids is 1. The zero-order valence-corrected chi connectivity index (χ0v) is 10.6. The molecule has 5 heteroatoms. The first-order valence-electron chi connectivity index (χ1n) is 5.39. The Morgan fingerprint density at radius 2 is 2.19 bits per heavy atom. The van der Waals surface area contributed by atoms with Gasteiger partial charge in [-0.1, -0.05) is 5.16 Å². The highest BCUT2D eigenvalue weighted by Gasteiger charge is 2.29. The Hall–Kier alpha value is -1.26. The van der Waals surface area contributed by atoms with Gasteiger partial charge in [0, 0.05) is 6.42 Å². The first-order chi connectivity index (χ1) is 7.18. The fraction of sp³-hybridized carbons (Fsp3) is 0.818. The van der Waals surface area contributed by atoms with Crippen molar-refractivity contribution in [1.29, 1.82) is 0 Å². The Morgan fingerprint density at radius 1 is 1.56 bits per heavy atom. The Labute approximate surface area is 96.2 Å². The van der Waals surface area contributed by atoms with Crippen LogP contribution in [0.25, 0.3) is 0 Å². The van der Waals surface area contributed by atoms with E-state index in [9.17, 15) is 4.79 Å². The van der Waals surface area contributed by atoms with E-state index >= 15 is 0 Å². The molecule has 0 radical (unpaired) electrons. The Kier molecular flexibility index (Phi) is 3.45. The van der Waals surface area contributed by atoms with Crippen LogP contribution in [0.15, 0.2) is 5.16 Å². The molecule has 0 spiro atoms. The average molecular weight is 228 g/mol. The van der Waals surface area contributed by atoms with Crippen LogP contribution in [0.5, 0.6) is 0 Å². The summed E-state index contributed by atoms with van der Waals surface area (Å²) in [6.07, 6.45) is 0.294.